The first-order chi connectivity index (χ1) is 15.8. The molecule has 0 radical (unpaired) electrons. The van der Waals surface area contributed by atoms with Crippen molar-refractivity contribution in [2.45, 2.75) is 30.3 Å². The highest BCUT2D eigenvalue weighted by Gasteiger charge is 2.31. The van der Waals surface area contributed by atoms with Crippen LogP contribution < -0.4 is 9.46 Å². The monoisotopic (exact) mass is 487 g/mol. The van der Waals surface area contributed by atoms with E-state index < -0.39 is 21.8 Å². The minimum absolute atomic E-state index is 0.0409. The number of nitrogens with one attached hydrogen (secondary N) is 1. The van der Waals surface area contributed by atoms with Gasteiger partial charge in [0.2, 0.25) is 0 Å². The summed E-state index contributed by atoms with van der Waals surface area (Å²) in [7, 11) is -2.90. The summed E-state index contributed by atoms with van der Waals surface area (Å²) in [5, 5.41) is -0.0409. The number of benzene rings is 3. The van der Waals surface area contributed by atoms with Crippen LogP contribution in [0, 0.1) is 5.82 Å². The maximum atomic E-state index is 14.1. The summed E-state index contributed by atoms with van der Waals surface area (Å²) >= 11 is 6.26. The fraction of sp³-hybridized carbons (Fsp3) is 0.208. The molecule has 1 N–H and O–H groups in total. The van der Waals surface area contributed by atoms with Crippen molar-refractivity contribution >= 4 is 33.3 Å². The molecule has 4 bridgehead atoms. The molecule has 0 saturated heterocycles. The van der Waals surface area contributed by atoms with Crippen LogP contribution in [0.2, 0.25) is 5.02 Å². The minimum Gasteiger partial charge on any atom is -0.494 e. The van der Waals surface area contributed by atoms with E-state index in [9.17, 15) is 17.6 Å². The zero-order chi connectivity index (χ0) is 23.3. The second-order valence-corrected chi connectivity index (χ2v) is 10.1. The van der Waals surface area contributed by atoms with Crippen LogP contribution in [0.15, 0.2) is 53.4 Å². The summed E-state index contributed by atoms with van der Waals surface area (Å²) in [5.74, 6) is -1.07. The SMILES string of the molecule is COc1c(Cl)cc2cc1S(=O)(=O)Nc1cc(ccc1C1CC1)-c1cc(F)ccc1COC2=O. The Balaban J connectivity index is 1.77. The molecule has 1 aliphatic heterocycles. The van der Waals surface area contributed by atoms with Crippen LogP contribution in [0.3, 0.4) is 0 Å². The lowest BCUT2D eigenvalue weighted by molar-refractivity contribution is 0.0473. The van der Waals surface area contributed by atoms with Gasteiger partial charge in [-0.1, -0.05) is 29.8 Å². The topological polar surface area (TPSA) is 81.7 Å². The average Bonchev–Trinajstić information content (AvgIpc) is 3.62. The third-order valence-electron chi connectivity index (χ3n) is 5.80. The van der Waals surface area contributed by atoms with Crippen molar-refractivity contribution in [3.05, 3.63) is 76.1 Å². The molecule has 3 aromatic carbocycles. The molecule has 1 heterocycles. The highest BCUT2D eigenvalue weighted by atomic mass is 35.5. The van der Waals surface area contributed by atoms with E-state index in [1.807, 2.05) is 12.1 Å². The molecule has 33 heavy (non-hydrogen) atoms. The lowest BCUT2D eigenvalue weighted by Gasteiger charge is -2.17. The average molecular weight is 488 g/mol. The smallest absolute Gasteiger partial charge is 0.338 e. The number of halogens is 2. The number of sulfonamides is 1. The summed E-state index contributed by atoms with van der Waals surface area (Å²) in [6, 6.07) is 12.0. The van der Waals surface area contributed by atoms with E-state index in [4.69, 9.17) is 21.1 Å². The van der Waals surface area contributed by atoms with E-state index >= 15 is 0 Å². The molecular weight excluding hydrogens is 469 g/mol. The number of methoxy groups -OCH3 is 1. The first kappa shape index (κ1) is 21.7. The molecular formula is C24H19ClFNO5S. The van der Waals surface area contributed by atoms with Crippen LogP contribution in [0.5, 0.6) is 5.75 Å². The summed E-state index contributed by atoms with van der Waals surface area (Å²) in [5.41, 5.74) is 2.88. The van der Waals surface area contributed by atoms with Gasteiger partial charge in [-0.15, -0.1) is 0 Å². The number of ether oxygens (including phenoxy) is 2. The van der Waals surface area contributed by atoms with Gasteiger partial charge < -0.3 is 9.47 Å². The Kier molecular flexibility index (Phi) is 5.29. The number of fused-ring (bicyclic) bond motifs is 6. The fourth-order valence-corrected chi connectivity index (χ4v) is 5.66. The van der Waals surface area contributed by atoms with Crippen molar-refractivity contribution in [2.75, 3.05) is 11.8 Å². The molecule has 6 nitrogen and oxygen atoms in total. The number of cyclic esters (lactones) is 1. The Morgan fingerprint density at radius 2 is 1.88 bits per heavy atom. The fourth-order valence-electron chi connectivity index (χ4n) is 4.02. The molecule has 0 spiro atoms. The predicted molar refractivity (Wildman–Crippen MR) is 122 cm³/mol. The number of carbonyl (C=O) groups excluding carboxylic acids is 1. The molecule has 9 heteroatoms. The molecule has 0 aromatic heterocycles. The van der Waals surface area contributed by atoms with Gasteiger partial charge in [0.1, 0.15) is 17.3 Å². The molecule has 0 amide bonds. The number of hydrogen-bond donors (Lipinski definition) is 1. The lowest BCUT2D eigenvalue weighted by Crippen LogP contribution is -2.16. The zero-order valence-electron chi connectivity index (χ0n) is 17.5. The Morgan fingerprint density at radius 3 is 2.61 bits per heavy atom. The van der Waals surface area contributed by atoms with E-state index in [1.54, 1.807) is 12.1 Å². The minimum atomic E-state index is -4.20. The molecule has 1 fully saturated rings. The Hall–Kier alpha value is -3.10. The van der Waals surface area contributed by atoms with Crippen LogP contribution >= 0.6 is 11.6 Å². The maximum Gasteiger partial charge on any atom is 0.338 e. The van der Waals surface area contributed by atoms with Crippen molar-refractivity contribution in [2.24, 2.45) is 0 Å². The zero-order valence-corrected chi connectivity index (χ0v) is 19.1. The van der Waals surface area contributed by atoms with Crippen molar-refractivity contribution in [1.29, 1.82) is 0 Å². The largest absolute Gasteiger partial charge is 0.494 e. The second kappa shape index (κ2) is 8.04. The molecule has 5 rings (SSSR count). The maximum absolute atomic E-state index is 14.1. The molecule has 0 atom stereocenters. The van der Waals surface area contributed by atoms with Gasteiger partial charge in [-0.2, -0.15) is 0 Å². The normalized spacial score (nSPS) is 16.9. The Morgan fingerprint density at radius 1 is 1.09 bits per heavy atom. The van der Waals surface area contributed by atoms with Crippen LogP contribution in [-0.2, 0) is 21.4 Å². The second-order valence-electron chi connectivity index (χ2n) is 8.05. The third kappa shape index (κ3) is 4.05. The molecule has 3 aromatic rings. The quantitative estimate of drug-likeness (QED) is 0.482. The van der Waals surface area contributed by atoms with Crippen LogP contribution in [0.25, 0.3) is 11.1 Å². The van der Waals surface area contributed by atoms with Gasteiger partial charge in [0, 0.05) is 0 Å². The summed E-state index contributed by atoms with van der Waals surface area (Å²) in [6.45, 7) is -0.132. The van der Waals surface area contributed by atoms with Crippen molar-refractivity contribution in [1.82, 2.24) is 0 Å². The molecule has 0 unspecified atom stereocenters. The van der Waals surface area contributed by atoms with E-state index in [-0.39, 0.29) is 33.8 Å². The molecule has 170 valence electrons. The van der Waals surface area contributed by atoms with Gasteiger partial charge in [-0.25, -0.2) is 17.6 Å². The number of esters is 1. The van der Waals surface area contributed by atoms with Crippen molar-refractivity contribution < 1.29 is 27.1 Å². The predicted octanol–water partition coefficient (Wildman–Crippen LogP) is 5.50. The van der Waals surface area contributed by atoms with E-state index in [1.165, 1.54) is 31.4 Å². The lowest BCUT2D eigenvalue weighted by atomic mass is 9.96. The van der Waals surface area contributed by atoms with Crippen molar-refractivity contribution in [3.63, 3.8) is 0 Å². The standard InChI is InChI=1S/C24H19ClFNO5S/c1-31-23-20(25)8-16-10-22(23)33(29,30)27-21-9-14(5-7-18(21)13-2-3-13)19-11-17(26)6-4-15(19)12-32-24(16)28/h4-11,13,27H,2-3,12H2,1H3. The van der Waals surface area contributed by atoms with E-state index in [0.29, 0.717) is 22.4 Å². The third-order valence-corrected chi connectivity index (χ3v) is 7.45. The van der Waals surface area contributed by atoms with Gasteiger partial charge in [0.05, 0.1) is 23.4 Å². The summed E-state index contributed by atoms with van der Waals surface area (Å²) in [4.78, 5) is 12.5. The number of rotatable bonds is 2. The highest BCUT2D eigenvalue weighted by Crippen LogP contribution is 2.46. The van der Waals surface area contributed by atoms with Gasteiger partial charge in [-0.3, -0.25) is 4.72 Å². The van der Waals surface area contributed by atoms with Crippen LogP contribution in [-0.4, -0.2) is 21.5 Å². The first-order valence-corrected chi connectivity index (χ1v) is 12.1. The van der Waals surface area contributed by atoms with Crippen molar-refractivity contribution in [3.8, 4) is 16.9 Å². The summed E-state index contributed by atoms with van der Waals surface area (Å²) in [6.07, 6.45) is 1.90. The highest BCUT2D eigenvalue weighted by molar-refractivity contribution is 7.92. The van der Waals surface area contributed by atoms with Gasteiger partial charge in [0.15, 0.2) is 5.75 Å². The number of anilines is 1. The Bertz CT molecular complexity index is 1400. The van der Waals surface area contributed by atoms with Crippen LogP contribution in [0.4, 0.5) is 10.1 Å². The van der Waals surface area contributed by atoms with E-state index in [2.05, 4.69) is 4.72 Å². The first-order valence-electron chi connectivity index (χ1n) is 10.3. The molecule has 1 saturated carbocycles. The van der Waals surface area contributed by atoms with Crippen LogP contribution in [0.1, 0.15) is 40.2 Å². The number of hydrogen-bond acceptors (Lipinski definition) is 5. The van der Waals surface area contributed by atoms with Gasteiger partial charge in [-0.05, 0) is 71.3 Å². The Labute approximate surface area is 195 Å². The summed E-state index contributed by atoms with van der Waals surface area (Å²) < 4.78 is 54.3. The molecule has 2 aliphatic rings. The van der Waals surface area contributed by atoms with E-state index in [0.717, 1.165) is 18.4 Å². The number of carbonyl (C=O) groups is 1. The van der Waals surface area contributed by atoms with Gasteiger partial charge >= 0.3 is 5.97 Å². The van der Waals surface area contributed by atoms with Gasteiger partial charge in [0.25, 0.3) is 10.0 Å². The molecule has 1 aliphatic carbocycles.